The molecule has 0 aromatic heterocycles. The van der Waals surface area contributed by atoms with Gasteiger partial charge in [0.05, 0.1) is 6.04 Å². The van der Waals surface area contributed by atoms with Gasteiger partial charge in [0.2, 0.25) is 0 Å². The summed E-state index contributed by atoms with van der Waals surface area (Å²) in [4.78, 5) is 0. The van der Waals surface area contributed by atoms with Crippen molar-refractivity contribution >= 4 is 0 Å². The van der Waals surface area contributed by atoms with Crippen molar-refractivity contribution < 1.29 is 13.2 Å². The number of hydrogen-bond acceptors (Lipinski definition) is 2. The SMILES string of the molecule is FC(F)(F)C1(C2NCCNCc3ccccc32)C=CC=CC1. The molecular formula is C17H19F3N2. The van der Waals surface area contributed by atoms with Crippen molar-refractivity contribution in [3.63, 3.8) is 0 Å². The molecule has 5 heteroatoms. The maximum atomic E-state index is 14.0. The summed E-state index contributed by atoms with van der Waals surface area (Å²) in [6, 6.07) is 6.61. The normalized spacial score (nSPS) is 28.8. The van der Waals surface area contributed by atoms with E-state index in [4.69, 9.17) is 0 Å². The summed E-state index contributed by atoms with van der Waals surface area (Å²) < 4.78 is 41.9. The highest BCUT2D eigenvalue weighted by Gasteiger charge is 2.57. The van der Waals surface area contributed by atoms with E-state index in [1.165, 1.54) is 12.2 Å². The summed E-state index contributed by atoms with van der Waals surface area (Å²) in [7, 11) is 0. The Morgan fingerprint density at radius 3 is 2.64 bits per heavy atom. The Kier molecular flexibility index (Phi) is 4.10. The van der Waals surface area contributed by atoms with Crippen LogP contribution in [0.4, 0.5) is 13.2 Å². The molecule has 2 unspecified atom stereocenters. The van der Waals surface area contributed by atoms with Crippen LogP contribution >= 0.6 is 0 Å². The quantitative estimate of drug-likeness (QED) is 0.830. The molecule has 2 atom stereocenters. The average Bonchev–Trinajstić information content (AvgIpc) is 2.48. The number of halogens is 3. The van der Waals surface area contributed by atoms with Gasteiger partial charge in [0.1, 0.15) is 5.41 Å². The highest BCUT2D eigenvalue weighted by atomic mass is 19.4. The maximum absolute atomic E-state index is 14.0. The van der Waals surface area contributed by atoms with E-state index in [0.717, 1.165) is 11.1 Å². The molecule has 1 heterocycles. The molecule has 118 valence electrons. The molecule has 2 aliphatic rings. The van der Waals surface area contributed by atoms with Crippen LogP contribution in [0.15, 0.2) is 48.6 Å². The standard InChI is InChI=1S/C17H19F3N2/c18-17(19,20)16(8-4-1-5-9-16)15-14-7-3-2-6-13(14)12-21-10-11-22-15/h1-8,15,21-22H,9-12H2. The fraction of sp³-hybridized carbons (Fsp3) is 0.412. The van der Waals surface area contributed by atoms with E-state index in [9.17, 15) is 13.2 Å². The van der Waals surface area contributed by atoms with E-state index in [1.807, 2.05) is 18.2 Å². The minimum Gasteiger partial charge on any atom is -0.311 e. The molecule has 0 radical (unpaired) electrons. The molecule has 0 saturated carbocycles. The minimum absolute atomic E-state index is 0.0353. The molecule has 22 heavy (non-hydrogen) atoms. The first-order valence-electron chi connectivity index (χ1n) is 7.48. The predicted octanol–water partition coefficient (Wildman–Crippen LogP) is 3.49. The molecule has 2 nitrogen and oxygen atoms in total. The molecular weight excluding hydrogens is 289 g/mol. The third-order valence-electron chi connectivity index (χ3n) is 4.47. The summed E-state index contributed by atoms with van der Waals surface area (Å²) >= 11 is 0. The van der Waals surface area contributed by atoms with Gasteiger partial charge in [0.25, 0.3) is 0 Å². The van der Waals surface area contributed by atoms with E-state index in [0.29, 0.717) is 19.6 Å². The van der Waals surface area contributed by atoms with Gasteiger partial charge in [-0.15, -0.1) is 0 Å². The first kappa shape index (κ1) is 15.3. The van der Waals surface area contributed by atoms with Crippen LogP contribution in [0.5, 0.6) is 0 Å². The molecule has 1 aromatic carbocycles. The molecule has 0 fully saturated rings. The van der Waals surface area contributed by atoms with Crippen molar-refractivity contribution in [2.24, 2.45) is 5.41 Å². The van der Waals surface area contributed by atoms with Crippen LogP contribution in [0.2, 0.25) is 0 Å². The Hall–Kier alpha value is -1.59. The third kappa shape index (κ3) is 2.59. The second-order valence-corrected chi connectivity index (χ2v) is 5.79. The van der Waals surface area contributed by atoms with Crippen LogP contribution < -0.4 is 10.6 Å². The van der Waals surface area contributed by atoms with Gasteiger partial charge in [-0.3, -0.25) is 0 Å². The fourth-order valence-corrected chi connectivity index (χ4v) is 3.30. The molecule has 0 bridgehead atoms. The highest BCUT2D eigenvalue weighted by molar-refractivity contribution is 5.36. The number of hydrogen-bond donors (Lipinski definition) is 2. The van der Waals surface area contributed by atoms with Crippen molar-refractivity contribution in [3.05, 3.63) is 59.7 Å². The van der Waals surface area contributed by atoms with Crippen LogP contribution in [0.3, 0.4) is 0 Å². The minimum atomic E-state index is -4.31. The van der Waals surface area contributed by atoms with Crippen LogP contribution in [0.25, 0.3) is 0 Å². The Labute approximate surface area is 128 Å². The van der Waals surface area contributed by atoms with Crippen LogP contribution in [0, 0.1) is 5.41 Å². The van der Waals surface area contributed by atoms with E-state index in [-0.39, 0.29) is 6.42 Å². The van der Waals surface area contributed by atoms with Crippen LogP contribution in [0.1, 0.15) is 23.6 Å². The lowest BCUT2D eigenvalue weighted by atomic mass is 9.70. The van der Waals surface area contributed by atoms with Gasteiger partial charge < -0.3 is 10.6 Å². The first-order chi connectivity index (χ1) is 10.5. The Morgan fingerprint density at radius 2 is 1.91 bits per heavy atom. The summed E-state index contributed by atoms with van der Waals surface area (Å²) in [5, 5.41) is 6.37. The number of nitrogens with one attached hydrogen (secondary N) is 2. The molecule has 1 aliphatic heterocycles. The number of rotatable bonds is 1. The molecule has 0 amide bonds. The van der Waals surface area contributed by atoms with E-state index >= 15 is 0 Å². The Bertz CT molecular complexity index is 592. The van der Waals surface area contributed by atoms with E-state index in [2.05, 4.69) is 10.6 Å². The van der Waals surface area contributed by atoms with Gasteiger partial charge >= 0.3 is 6.18 Å². The number of fused-ring (bicyclic) bond motifs is 1. The summed E-state index contributed by atoms with van der Waals surface area (Å²) in [5.41, 5.74) is -0.242. The molecule has 1 aromatic rings. The largest absolute Gasteiger partial charge is 0.399 e. The second kappa shape index (κ2) is 5.89. The van der Waals surface area contributed by atoms with Crippen LogP contribution in [-0.4, -0.2) is 19.3 Å². The molecule has 0 saturated heterocycles. The topological polar surface area (TPSA) is 24.1 Å². The van der Waals surface area contributed by atoms with Gasteiger partial charge in [0, 0.05) is 19.6 Å². The summed E-state index contributed by atoms with van der Waals surface area (Å²) in [6.07, 6.45) is 1.77. The monoisotopic (exact) mass is 308 g/mol. The third-order valence-corrected chi connectivity index (χ3v) is 4.47. The van der Waals surface area contributed by atoms with Crippen molar-refractivity contribution in [2.45, 2.75) is 25.2 Å². The van der Waals surface area contributed by atoms with Gasteiger partial charge in [-0.1, -0.05) is 48.6 Å². The van der Waals surface area contributed by atoms with Gasteiger partial charge in [0.15, 0.2) is 0 Å². The lowest BCUT2D eigenvalue weighted by molar-refractivity contribution is -0.216. The van der Waals surface area contributed by atoms with Crippen molar-refractivity contribution in [1.82, 2.24) is 10.6 Å². The van der Waals surface area contributed by atoms with Crippen LogP contribution in [-0.2, 0) is 6.54 Å². The Morgan fingerprint density at radius 1 is 1.09 bits per heavy atom. The molecule has 1 aliphatic carbocycles. The molecule has 2 N–H and O–H groups in total. The zero-order valence-electron chi connectivity index (χ0n) is 12.2. The van der Waals surface area contributed by atoms with E-state index < -0.39 is 17.6 Å². The molecule has 3 rings (SSSR count). The lowest BCUT2D eigenvalue weighted by Crippen LogP contribution is -2.49. The maximum Gasteiger partial charge on any atom is 0.399 e. The van der Waals surface area contributed by atoms with Crippen molar-refractivity contribution in [3.8, 4) is 0 Å². The zero-order valence-corrected chi connectivity index (χ0v) is 12.2. The summed E-state index contributed by atoms with van der Waals surface area (Å²) in [5.74, 6) is 0. The lowest BCUT2D eigenvalue weighted by Gasteiger charge is -2.42. The number of benzene rings is 1. The molecule has 0 spiro atoms. The highest BCUT2D eigenvalue weighted by Crippen LogP contribution is 2.53. The fourth-order valence-electron chi connectivity index (χ4n) is 3.30. The van der Waals surface area contributed by atoms with Gasteiger partial charge in [-0.25, -0.2) is 0 Å². The number of alkyl halides is 3. The van der Waals surface area contributed by atoms with Gasteiger partial charge in [-0.05, 0) is 17.5 Å². The smallest absolute Gasteiger partial charge is 0.311 e. The second-order valence-electron chi connectivity index (χ2n) is 5.79. The van der Waals surface area contributed by atoms with Crippen molar-refractivity contribution in [2.75, 3.05) is 13.1 Å². The Balaban J connectivity index is 2.12. The summed E-state index contributed by atoms with van der Waals surface area (Å²) in [6.45, 7) is 1.76. The van der Waals surface area contributed by atoms with E-state index in [1.54, 1.807) is 18.2 Å². The van der Waals surface area contributed by atoms with Crippen molar-refractivity contribution in [1.29, 1.82) is 0 Å². The average molecular weight is 308 g/mol. The van der Waals surface area contributed by atoms with Gasteiger partial charge in [-0.2, -0.15) is 13.2 Å². The number of allylic oxidation sites excluding steroid dienone is 3. The zero-order chi connectivity index (χ0) is 15.6. The first-order valence-corrected chi connectivity index (χ1v) is 7.48. The predicted molar refractivity (Wildman–Crippen MR) is 80.3 cm³/mol.